The maximum absolute atomic E-state index is 4.74. The van der Waals surface area contributed by atoms with E-state index in [2.05, 4.69) is 59.3 Å². The minimum absolute atomic E-state index is 0. The molecule has 1 aliphatic rings. The lowest BCUT2D eigenvalue weighted by Gasteiger charge is -2.20. The Morgan fingerprint density at radius 1 is 1.26 bits per heavy atom. The zero-order valence-corrected chi connectivity index (χ0v) is 20.6. The summed E-state index contributed by atoms with van der Waals surface area (Å²) in [6.07, 6.45) is 9.20. The first kappa shape index (κ1) is 24.5. The summed E-state index contributed by atoms with van der Waals surface area (Å²) in [5, 5.41) is 16.8. The van der Waals surface area contributed by atoms with Gasteiger partial charge in [-0.05, 0) is 45.3 Å². The average molecular weight is 509 g/mol. The molecule has 0 bridgehead atoms. The number of nitrogens with one attached hydrogen (secondary N) is 2. The Kier molecular flexibility index (Phi) is 11.7. The van der Waals surface area contributed by atoms with Gasteiger partial charge in [0.1, 0.15) is 5.82 Å². The van der Waals surface area contributed by atoms with Crippen LogP contribution in [0.3, 0.4) is 0 Å². The number of aryl methyl sites for hydroxylation is 1. The number of nitrogens with zero attached hydrogens (tertiary/aromatic N) is 4. The molecular formula is C19H37IN6S. The standard InChI is InChI=1S/C19H36N6S.HI/c1-6-20-18(22-15(4)14(2)3)21-13-9-12-17-23-24-19(26-5)25(17)16-10-7-8-11-16;/h14-16H,6-13H2,1-5H3,(H2,20,21,22);1H. The second-order valence-corrected chi connectivity index (χ2v) is 8.23. The van der Waals surface area contributed by atoms with Gasteiger partial charge in [0.2, 0.25) is 0 Å². The van der Waals surface area contributed by atoms with Gasteiger partial charge in [-0.1, -0.05) is 38.5 Å². The Balaban J connectivity index is 0.00000364. The molecule has 8 heteroatoms. The summed E-state index contributed by atoms with van der Waals surface area (Å²) < 4.78 is 2.39. The van der Waals surface area contributed by atoms with E-state index in [1.165, 1.54) is 25.7 Å². The minimum Gasteiger partial charge on any atom is -0.357 e. The molecule has 0 amide bonds. The molecule has 0 aliphatic heterocycles. The molecule has 156 valence electrons. The van der Waals surface area contributed by atoms with Crippen LogP contribution in [0.25, 0.3) is 0 Å². The second-order valence-electron chi connectivity index (χ2n) is 7.45. The van der Waals surface area contributed by atoms with Crippen molar-refractivity contribution < 1.29 is 0 Å². The molecule has 2 N–H and O–H groups in total. The first-order chi connectivity index (χ1) is 12.6. The average Bonchev–Trinajstić information content (AvgIpc) is 3.27. The number of aromatic nitrogens is 3. The van der Waals surface area contributed by atoms with Gasteiger partial charge in [-0.25, -0.2) is 0 Å². The van der Waals surface area contributed by atoms with E-state index < -0.39 is 0 Å². The largest absolute Gasteiger partial charge is 0.357 e. The van der Waals surface area contributed by atoms with Crippen LogP contribution in [0, 0.1) is 5.92 Å². The predicted molar refractivity (Wildman–Crippen MR) is 126 cm³/mol. The van der Waals surface area contributed by atoms with E-state index in [0.29, 0.717) is 18.0 Å². The highest BCUT2D eigenvalue weighted by Crippen LogP contribution is 2.33. The van der Waals surface area contributed by atoms with Crippen molar-refractivity contribution in [1.29, 1.82) is 0 Å². The van der Waals surface area contributed by atoms with Gasteiger partial charge in [-0.3, -0.25) is 4.99 Å². The number of halogens is 1. The second kappa shape index (κ2) is 12.9. The van der Waals surface area contributed by atoms with E-state index in [0.717, 1.165) is 42.9 Å². The molecule has 1 unspecified atom stereocenters. The maximum Gasteiger partial charge on any atom is 0.191 e. The van der Waals surface area contributed by atoms with Crippen molar-refractivity contribution in [3.8, 4) is 0 Å². The fourth-order valence-electron chi connectivity index (χ4n) is 3.28. The lowest BCUT2D eigenvalue weighted by Crippen LogP contribution is -2.44. The van der Waals surface area contributed by atoms with Crippen molar-refractivity contribution in [2.24, 2.45) is 10.9 Å². The summed E-state index contributed by atoms with van der Waals surface area (Å²) in [6.45, 7) is 10.4. The van der Waals surface area contributed by atoms with Crippen LogP contribution in [-0.4, -0.2) is 46.1 Å². The van der Waals surface area contributed by atoms with Crippen molar-refractivity contribution >= 4 is 41.7 Å². The molecule has 1 aliphatic carbocycles. The normalized spacial score (nSPS) is 16.4. The summed E-state index contributed by atoms with van der Waals surface area (Å²) in [7, 11) is 0. The molecule has 2 rings (SSSR count). The van der Waals surface area contributed by atoms with Gasteiger partial charge >= 0.3 is 0 Å². The van der Waals surface area contributed by atoms with E-state index in [9.17, 15) is 0 Å². The zero-order valence-electron chi connectivity index (χ0n) is 17.5. The third kappa shape index (κ3) is 7.44. The minimum atomic E-state index is 0. The van der Waals surface area contributed by atoms with E-state index in [1.54, 1.807) is 11.8 Å². The molecule has 6 nitrogen and oxygen atoms in total. The number of hydrogen-bond donors (Lipinski definition) is 2. The van der Waals surface area contributed by atoms with Gasteiger partial charge in [0, 0.05) is 31.6 Å². The van der Waals surface area contributed by atoms with Gasteiger partial charge in [0.15, 0.2) is 11.1 Å². The quantitative estimate of drug-likeness (QED) is 0.172. The van der Waals surface area contributed by atoms with Crippen molar-refractivity contribution in [2.75, 3.05) is 19.3 Å². The van der Waals surface area contributed by atoms with Crippen LogP contribution in [0.4, 0.5) is 0 Å². The van der Waals surface area contributed by atoms with Gasteiger partial charge in [-0.2, -0.15) is 0 Å². The monoisotopic (exact) mass is 508 g/mol. The summed E-state index contributed by atoms with van der Waals surface area (Å²) in [6, 6.07) is 0.999. The lowest BCUT2D eigenvalue weighted by molar-refractivity contribution is 0.461. The van der Waals surface area contributed by atoms with E-state index >= 15 is 0 Å². The lowest BCUT2D eigenvalue weighted by atomic mass is 10.1. The molecule has 0 spiro atoms. The number of guanidine groups is 1. The highest BCUT2D eigenvalue weighted by Gasteiger charge is 2.23. The van der Waals surface area contributed by atoms with E-state index in [4.69, 9.17) is 4.99 Å². The fourth-order valence-corrected chi connectivity index (χ4v) is 3.85. The molecule has 1 atom stereocenters. The van der Waals surface area contributed by atoms with Crippen LogP contribution >= 0.6 is 35.7 Å². The first-order valence-electron chi connectivity index (χ1n) is 10.1. The van der Waals surface area contributed by atoms with Crippen LogP contribution in [-0.2, 0) is 6.42 Å². The fraction of sp³-hybridized carbons (Fsp3) is 0.842. The van der Waals surface area contributed by atoms with Crippen LogP contribution in [0.2, 0.25) is 0 Å². The van der Waals surface area contributed by atoms with E-state index in [-0.39, 0.29) is 24.0 Å². The van der Waals surface area contributed by atoms with Gasteiger partial charge in [-0.15, -0.1) is 34.2 Å². The predicted octanol–water partition coefficient (Wildman–Crippen LogP) is 4.27. The molecule has 1 saturated carbocycles. The topological polar surface area (TPSA) is 67.1 Å². The molecule has 1 aromatic heterocycles. The van der Waals surface area contributed by atoms with Crippen LogP contribution in [0.5, 0.6) is 0 Å². The highest BCUT2D eigenvalue weighted by molar-refractivity contribution is 14.0. The first-order valence-corrected chi connectivity index (χ1v) is 11.3. The molecule has 0 saturated heterocycles. The molecule has 0 aromatic carbocycles. The van der Waals surface area contributed by atoms with Crippen molar-refractivity contribution in [3.63, 3.8) is 0 Å². The van der Waals surface area contributed by atoms with Crippen LogP contribution < -0.4 is 10.6 Å². The summed E-state index contributed by atoms with van der Waals surface area (Å²) in [5.41, 5.74) is 0. The summed E-state index contributed by atoms with van der Waals surface area (Å²) in [5.74, 6) is 2.62. The maximum atomic E-state index is 4.74. The molecule has 1 heterocycles. The number of thioether (sulfide) groups is 1. The Morgan fingerprint density at radius 2 is 1.96 bits per heavy atom. The van der Waals surface area contributed by atoms with E-state index in [1.807, 2.05) is 0 Å². The van der Waals surface area contributed by atoms with Crippen molar-refractivity contribution in [1.82, 2.24) is 25.4 Å². The number of hydrogen-bond acceptors (Lipinski definition) is 4. The molecular weight excluding hydrogens is 471 g/mol. The third-order valence-electron chi connectivity index (χ3n) is 5.14. The van der Waals surface area contributed by atoms with Crippen LogP contribution in [0.1, 0.15) is 71.7 Å². The Hall–Kier alpha value is -0.510. The third-order valence-corrected chi connectivity index (χ3v) is 5.79. The molecule has 0 radical (unpaired) electrons. The highest BCUT2D eigenvalue weighted by atomic mass is 127. The number of rotatable bonds is 9. The zero-order chi connectivity index (χ0) is 18.9. The molecule has 27 heavy (non-hydrogen) atoms. The Labute approximate surface area is 186 Å². The van der Waals surface area contributed by atoms with Crippen molar-refractivity contribution in [3.05, 3.63) is 5.82 Å². The smallest absolute Gasteiger partial charge is 0.191 e. The summed E-state index contributed by atoms with van der Waals surface area (Å²) in [4.78, 5) is 4.74. The van der Waals surface area contributed by atoms with Crippen molar-refractivity contribution in [2.45, 2.75) is 83.5 Å². The van der Waals surface area contributed by atoms with Gasteiger partial charge in [0.05, 0.1) is 0 Å². The van der Waals surface area contributed by atoms with Gasteiger partial charge in [0.25, 0.3) is 0 Å². The Morgan fingerprint density at radius 3 is 2.56 bits per heavy atom. The molecule has 1 fully saturated rings. The summed E-state index contributed by atoms with van der Waals surface area (Å²) >= 11 is 1.71. The van der Waals surface area contributed by atoms with Crippen LogP contribution in [0.15, 0.2) is 10.1 Å². The number of aliphatic imine (C=N–C) groups is 1. The Bertz CT molecular complexity index is 569. The SMILES string of the molecule is CCNC(=NCCCc1nnc(SC)n1C1CCCC1)NC(C)C(C)C.I. The molecule has 1 aromatic rings. The van der Waals surface area contributed by atoms with Gasteiger partial charge < -0.3 is 15.2 Å².